The van der Waals surface area contributed by atoms with Gasteiger partial charge in [-0.25, -0.2) is 0 Å². The fourth-order valence-corrected chi connectivity index (χ4v) is 3.84. The summed E-state index contributed by atoms with van der Waals surface area (Å²) in [4.78, 5) is 0. The Bertz CT molecular complexity index is 545. The van der Waals surface area contributed by atoms with E-state index in [1.54, 1.807) is 22.3 Å². The van der Waals surface area contributed by atoms with Crippen LogP contribution >= 0.6 is 0 Å². The maximum Gasteiger partial charge on any atom is -0.00584 e. The molecule has 0 heteroatoms. The molecule has 0 aliphatic heterocycles. The van der Waals surface area contributed by atoms with Gasteiger partial charge in [0.25, 0.3) is 0 Å². The molecule has 0 N–H and O–H groups in total. The fraction of sp³-hybridized carbons (Fsp3) is 0.500. The van der Waals surface area contributed by atoms with Gasteiger partial charge in [-0.2, -0.15) is 0 Å². The van der Waals surface area contributed by atoms with Gasteiger partial charge in [0.1, 0.15) is 0 Å². The van der Waals surface area contributed by atoms with Gasteiger partial charge in [0.2, 0.25) is 0 Å². The van der Waals surface area contributed by atoms with Gasteiger partial charge in [-0.15, -0.1) is 0 Å². The second-order valence-corrected chi connectivity index (χ2v) is 6.33. The maximum absolute atomic E-state index is 2.53. The lowest BCUT2D eigenvalue weighted by Gasteiger charge is -2.30. The molecule has 1 fully saturated rings. The first kappa shape index (κ1) is 13.7. The van der Waals surface area contributed by atoms with E-state index in [0.717, 1.165) is 12.3 Å². The lowest BCUT2D eigenvalue weighted by atomic mass is 9.76. The average molecular weight is 266 g/mol. The minimum atomic E-state index is 0.915. The Labute approximate surface area is 123 Å². The number of rotatable bonds is 2. The quantitative estimate of drug-likeness (QED) is 0.651. The molecule has 1 unspecified atom stereocenters. The molecule has 0 bridgehead atoms. The molecule has 0 saturated heterocycles. The third kappa shape index (κ3) is 2.61. The van der Waals surface area contributed by atoms with Crippen LogP contribution in [0.3, 0.4) is 0 Å². The third-order valence-electron chi connectivity index (χ3n) is 5.22. The predicted octanol–water partition coefficient (Wildman–Crippen LogP) is 5.63. The Morgan fingerprint density at radius 2 is 1.90 bits per heavy atom. The van der Waals surface area contributed by atoms with Gasteiger partial charge in [-0.1, -0.05) is 56.2 Å². The van der Waals surface area contributed by atoms with E-state index in [4.69, 9.17) is 0 Å². The zero-order chi connectivity index (χ0) is 13.9. The van der Waals surface area contributed by atoms with E-state index in [1.807, 2.05) is 0 Å². The Balaban J connectivity index is 2.01. The van der Waals surface area contributed by atoms with E-state index in [0.29, 0.717) is 0 Å². The van der Waals surface area contributed by atoms with E-state index in [1.165, 1.54) is 44.1 Å². The minimum absolute atomic E-state index is 0.915. The zero-order valence-electron chi connectivity index (χ0n) is 12.9. The summed E-state index contributed by atoms with van der Waals surface area (Å²) in [5, 5.41) is 0. The van der Waals surface area contributed by atoms with E-state index in [9.17, 15) is 0 Å². The SMILES string of the molecule is CC/C1=C2\CCC(CC)C\C2=C\Cc2ccccc2C1. The van der Waals surface area contributed by atoms with Crippen molar-refractivity contribution >= 4 is 0 Å². The van der Waals surface area contributed by atoms with Crippen LogP contribution in [0.15, 0.2) is 47.1 Å². The molecular formula is C20H26. The number of hydrogen-bond acceptors (Lipinski definition) is 0. The van der Waals surface area contributed by atoms with Crippen LogP contribution < -0.4 is 0 Å². The number of benzene rings is 1. The summed E-state index contributed by atoms with van der Waals surface area (Å²) in [6, 6.07) is 9.01. The van der Waals surface area contributed by atoms with Crippen LogP contribution in [0.4, 0.5) is 0 Å². The molecule has 2 aliphatic carbocycles. The molecule has 0 nitrogen and oxygen atoms in total. The van der Waals surface area contributed by atoms with E-state index in [2.05, 4.69) is 44.2 Å². The molecule has 0 heterocycles. The highest BCUT2D eigenvalue weighted by molar-refractivity contribution is 5.44. The topological polar surface area (TPSA) is 0 Å². The third-order valence-corrected chi connectivity index (χ3v) is 5.22. The highest BCUT2D eigenvalue weighted by atomic mass is 14.3. The van der Waals surface area contributed by atoms with Crippen molar-refractivity contribution in [3.05, 3.63) is 58.2 Å². The van der Waals surface area contributed by atoms with Crippen LogP contribution in [0.2, 0.25) is 0 Å². The van der Waals surface area contributed by atoms with Crippen LogP contribution in [0.5, 0.6) is 0 Å². The van der Waals surface area contributed by atoms with Crippen molar-refractivity contribution in [2.24, 2.45) is 5.92 Å². The van der Waals surface area contributed by atoms with Gasteiger partial charge < -0.3 is 0 Å². The first-order valence-electron chi connectivity index (χ1n) is 8.28. The Morgan fingerprint density at radius 3 is 2.65 bits per heavy atom. The van der Waals surface area contributed by atoms with Gasteiger partial charge in [0, 0.05) is 0 Å². The van der Waals surface area contributed by atoms with E-state index in [-0.39, 0.29) is 0 Å². The smallest absolute Gasteiger partial charge is 0.00584 e. The lowest BCUT2D eigenvalue weighted by molar-refractivity contribution is 0.439. The average Bonchev–Trinajstić information content (AvgIpc) is 2.49. The first-order valence-corrected chi connectivity index (χ1v) is 8.28. The molecule has 3 rings (SSSR count). The Kier molecular flexibility index (Phi) is 4.10. The summed E-state index contributed by atoms with van der Waals surface area (Å²) in [5.41, 5.74) is 8.16. The molecule has 1 saturated carbocycles. The number of fused-ring (bicyclic) bond motifs is 2. The van der Waals surface area contributed by atoms with Crippen LogP contribution in [-0.2, 0) is 12.8 Å². The van der Waals surface area contributed by atoms with Crippen molar-refractivity contribution in [2.75, 3.05) is 0 Å². The molecule has 1 aromatic rings. The van der Waals surface area contributed by atoms with Crippen LogP contribution in [0, 0.1) is 5.92 Å². The second-order valence-electron chi connectivity index (χ2n) is 6.33. The van der Waals surface area contributed by atoms with Crippen molar-refractivity contribution < 1.29 is 0 Å². The van der Waals surface area contributed by atoms with Crippen molar-refractivity contribution in [1.82, 2.24) is 0 Å². The molecule has 0 amide bonds. The van der Waals surface area contributed by atoms with E-state index >= 15 is 0 Å². The van der Waals surface area contributed by atoms with Crippen molar-refractivity contribution in [3.8, 4) is 0 Å². The summed E-state index contributed by atoms with van der Waals surface area (Å²) >= 11 is 0. The predicted molar refractivity (Wildman–Crippen MR) is 86.9 cm³/mol. The van der Waals surface area contributed by atoms with E-state index < -0.39 is 0 Å². The molecule has 1 aromatic carbocycles. The normalized spacial score (nSPS) is 28.7. The molecule has 0 spiro atoms. The summed E-state index contributed by atoms with van der Waals surface area (Å²) in [6.07, 6.45) is 11.4. The van der Waals surface area contributed by atoms with Crippen LogP contribution in [-0.4, -0.2) is 0 Å². The molecule has 0 aromatic heterocycles. The number of allylic oxidation sites excluding steroid dienone is 4. The summed E-state index contributed by atoms with van der Waals surface area (Å²) in [6.45, 7) is 4.68. The van der Waals surface area contributed by atoms with Crippen molar-refractivity contribution in [1.29, 1.82) is 0 Å². The molecule has 2 aliphatic rings. The lowest BCUT2D eigenvalue weighted by Crippen LogP contribution is -2.14. The largest absolute Gasteiger partial charge is 0.0766 e. The summed E-state index contributed by atoms with van der Waals surface area (Å²) in [5.74, 6) is 0.915. The highest BCUT2D eigenvalue weighted by Crippen LogP contribution is 2.39. The second kappa shape index (κ2) is 5.99. The standard InChI is InChI=1S/C20H26/c1-3-15-9-12-20-16(4-2)14-18-8-6-5-7-17(18)10-11-19(20)13-15/h5-8,11,15H,3-4,9-10,12-14H2,1-2H3/b19-11-,20-16-. The molecule has 1 atom stereocenters. The van der Waals surface area contributed by atoms with Crippen LogP contribution in [0.25, 0.3) is 0 Å². The Hall–Kier alpha value is -1.30. The van der Waals surface area contributed by atoms with Gasteiger partial charge in [0.15, 0.2) is 0 Å². The monoisotopic (exact) mass is 266 g/mol. The van der Waals surface area contributed by atoms with Crippen LogP contribution in [0.1, 0.15) is 57.1 Å². The number of hydrogen-bond donors (Lipinski definition) is 0. The molecule has 106 valence electrons. The highest BCUT2D eigenvalue weighted by Gasteiger charge is 2.23. The molecule has 20 heavy (non-hydrogen) atoms. The van der Waals surface area contributed by atoms with Crippen molar-refractivity contribution in [2.45, 2.75) is 58.8 Å². The van der Waals surface area contributed by atoms with Gasteiger partial charge in [0.05, 0.1) is 0 Å². The maximum atomic E-state index is 2.53. The summed E-state index contributed by atoms with van der Waals surface area (Å²) in [7, 11) is 0. The zero-order valence-corrected chi connectivity index (χ0v) is 12.9. The van der Waals surface area contributed by atoms with Gasteiger partial charge >= 0.3 is 0 Å². The molecule has 0 radical (unpaired) electrons. The molecular weight excluding hydrogens is 240 g/mol. The van der Waals surface area contributed by atoms with Gasteiger partial charge in [-0.05, 0) is 66.7 Å². The Morgan fingerprint density at radius 1 is 1.10 bits per heavy atom. The van der Waals surface area contributed by atoms with Crippen molar-refractivity contribution in [3.63, 3.8) is 0 Å². The van der Waals surface area contributed by atoms with Gasteiger partial charge in [-0.3, -0.25) is 0 Å². The fourth-order valence-electron chi connectivity index (χ4n) is 3.84. The minimum Gasteiger partial charge on any atom is -0.0766 e. The summed E-state index contributed by atoms with van der Waals surface area (Å²) < 4.78 is 0. The first-order chi connectivity index (χ1) is 9.81.